The largest absolute Gasteiger partial charge is 0.396 e. The molecule has 0 spiro atoms. The fraction of sp³-hybridized carbons (Fsp3) is 1.00. The maximum absolute atomic E-state index is 11.8. The van der Waals surface area contributed by atoms with Crippen LogP contribution < -0.4 is 5.32 Å². The van der Waals surface area contributed by atoms with Crippen molar-refractivity contribution in [3.05, 3.63) is 0 Å². The molecule has 0 aliphatic carbocycles. The number of nitrogens with one attached hydrogen (secondary N) is 1. The van der Waals surface area contributed by atoms with Crippen LogP contribution in [0.5, 0.6) is 0 Å². The molecule has 0 aromatic rings. The molecule has 0 radical (unpaired) electrons. The Bertz CT molecular complexity index is 284. The van der Waals surface area contributed by atoms with Crippen LogP contribution >= 0.6 is 11.8 Å². The van der Waals surface area contributed by atoms with Gasteiger partial charge in [-0.05, 0) is 32.9 Å². The van der Waals surface area contributed by atoms with Crippen molar-refractivity contribution in [2.45, 2.75) is 31.9 Å². The molecule has 6 heteroatoms. The van der Waals surface area contributed by atoms with Crippen molar-refractivity contribution < 1.29 is 13.5 Å². The maximum atomic E-state index is 11.8. The lowest BCUT2D eigenvalue weighted by atomic mass is 10.3. The van der Waals surface area contributed by atoms with Gasteiger partial charge in [-0.25, -0.2) is 8.42 Å². The molecular formula is C11H25NO3S2. The quantitative estimate of drug-likeness (QED) is 0.616. The minimum Gasteiger partial charge on any atom is -0.396 e. The summed E-state index contributed by atoms with van der Waals surface area (Å²) in [6, 6.07) is 0. The summed E-state index contributed by atoms with van der Waals surface area (Å²) in [5.41, 5.74) is 0. The SMILES string of the molecule is CC(C)(C)S(=O)(=O)CCNCCSCCCO. The number of sulfone groups is 1. The fourth-order valence-electron chi connectivity index (χ4n) is 1.05. The van der Waals surface area contributed by atoms with Gasteiger partial charge < -0.3 is 10.4 Å². The van der Waals surface area contributed by atoms with Crippen LogP contribution in [0, 0.1) is 0 Å². The summed E-state index contributed by atoms with van der Waals surface area (Å²) in [7, 11) is -3.00. The van der Waals surface area contributed by atoms with E-state index in [9.17, 15) is 8.42 Å². The van der Waals surface area contributed by atoms with Gasteiger partial charge in [0.15, 0.2) is 9.84 Å². The Labute approximate surface area is 109 Å². The molecule has 104 valence electrons. The third-order valence-electron chi connectivity index (χ3n) is 2.35. The van der Waals surface area contributed by atoms with Gasteiger partial charge in [-0.2, -0.15) is 11.8 Å². The highest BCUT2D eigenvalue weighted by Crippen LogP contribution is 2.15. The van der Waals surface area contributed by atoms with Crippen molar-refractivity contribution in [3.63, 3.8) is 0 Å². The Morgan fingerprint density at radius 2 is 1.82 bits per heavy atom. The lowest BCUT2D eigenvalue weighted by molar-refractivity contribution is 0.296. The second-order valence-electron chi connectivity index (χ2n) is 4.87. The van der Waals surface area contributed by atoms with E-state index in [0.717, 1.165) is 24.5 Å². The van der Waals surface area contributed by atoms with Gasteiger partial charge >= 0.3 is 0 Å². The van der Waals surface area contributed by atoms with Crippen molar-refractivity contribution in [3.8, 4) is 0 Å². The van der Waals surface area contributed by atoms with Crippen LogP contribution in [0.4, 0.5) is 0 Å². The van der Waals surface area contributed by atoms with Crippen LogP contribution in [-0.2, 0) is 9.84 Å². The minimum absolute atomic E-state index is 0.192. The van der Waals surface area contributed by atoms with Crippen LogP contribution in [0.25, 0.3) is 0 Å². The number of aliphatic hydroxyl groups excluding tert-OH is 1. The van der Waals surface area contributed by atoms with Crippen LogP contribution in [-0.4, -0.2) is 55.2 Å². The summed E-state index contributed by atoms with van der Waals surface area (Å²) in [5.74, 6) is 2.10. The molecular weight excluding hydrogens is 258 g/mol. The van der Waals surface area contributed by atoms with Crippen LogP contribution in [0.1, 0.15) is 27.2 Å². The molecule has 0 bridgehead atoms. The van der Waals surface area contributed by atoms with E-state index in [-0.39, 0.29) is 12.4 Å². The topological polar surface area (TPSA) is 66.4 Å². The van der Waals surface area contributed by atoms with E-state index in [4.69, 9.17) is 5.11 Å². The molecule has 0 aliphatic heterocycles. The Morgan fingerprint density at radius 1 is 1.18 bits per heavy atom. The van der Waals surface area contributed by atoms with E-state index in [1.165, 1.54) is 0 Å². The third kappa shape index (κ3) is 8.02. The van der Waals surface area contributed by atoms with Crippen LogP contribution in [0.3, 0.4) is 0 Å². The average molecular weight is 283 g/mol. The predicted molar refractivity (Wildman–Crippen MR) is 75.4 cm³/mol. The first-order valence-corrected chi connectivity index (χ1v) is 8.73. The summed E-state index contributed by atoms with van der Waals surface area (Å²) in [4.78, 5) is 0. The molecule has 0 aromatic carbocycles. The molecule has 0 atom stereocenters. The number of aliphatic hydroxyl groups is 1. The van der Waals surface area contributed by atoms with Gasteiger partial charge in [0.2, 0.25) is 0 Å². The highest BCUT2D eigenvalue weighted by molar-refractivity contribution is 7.99. The first-order chi connectivity index (χ1) is 7.81. The molecule has 0 saturated carbocycles. The first kappa shape index (κ1) is 17.2. The Morgan fingerprint density at radius 3 is 2.35 bits per heavy atom. The molecule has 0 aliphatic rings. The molecule has 0 rings (SSSR count). The van der Waals surface area contributed by atoms with Gasteiger partial charge in [0.05, 0.1) is 10.5 Å². The average Bonchev–Trinajstić information content (AvgIpc) is 2.20. The molecule has 0 fully saturated rings. The predicted octanol–water partition coefficient (Wildman–Crippen LogP) is 0.905. The van der Waals surface area contributed by atoms with Crippen molar-refractivity contribution >= 4 is 21.6 Å². The fourth-order valence-corrected chi connectivity index (χ4v) is 2.90. The van der Waals surface area contributed by atoms with E-state index in [2.05, 4.69) is 5.32 Å². The molecule has 0 heterocycles. The van der Waals surface area contributed by atoms with Gasteiger partial charge in [-0.15, -0.1) is 0 Å². The molecule has 0 amide bonds. The summed E-state index contributed by atoms with van der Waals surface area (Å²) in [6.45, 7) is 6.76. The monoisotopic (exact) mass is 283 g/mol. The second-order valence-corrected chi connectivity index (χ2v) is 8.96. The van der Waals surface area contributed by atoms with Crippen LogP contribution in [0.2, 0.25) is 0 Å². The third-order valence-corrected chi connectivity index (χ3v) is 6.03. The normalized spacial score (nSPS) is 12.9. The Hall–Kier alpha value is 0.220. The van der Waals surface area contributed by atoms with E-state index in [1.54, 1.807) is 32.5 Å². The van der Waals surface area contributed by atoms with Gasteiger partial charge in [-0.1, -0.05) is 0 Å². The van der Waals surface area contributed by atoms with Crippen molar-refractivity contribution in [1.82, 2.24) is 5.32 Å². The summed E-state index contributed by atoms with van der Waals surface area (Å²) in [5, 5.41) is 11.7. The minimum atomic E-state index is -3.00. The molecule has 17 heavy (non-hydrogen) atoms. The van der Waals surface area contributed by atoms with Gasteiger partial charge in [0, 0.05) is 25.4 Å². The number of hydrogen-bond acceptors (Lipinski definition) is 5. The van der Waals surface area contributed by atoms with E-state index in [0.29, 0.717) is 6.54 Å². The second kappa shape index (κ2) is 8.34. The first-order valence-electron chi connectivity index (χ1n) is 5.93. The van der Waals surface area contributed by atoms with Crippen molar-refractivity contribution in [2.24, 2.45) is 0 Å². The zero-order chi connectivity index (χ0) is 13.4. The zero-order valence-electron chi connectivity index (χ0n) is 11.0. The van der Waals surface area contributed by atoms with Gasteiger partial charge in [0.25, 0.3) is 0 Å². The van der Waals surface area contributed by atoms with E-state index in [1.807, 2.05) is 0 Å². The molecule has 0 aromatic heterocycles. The summed E-state index contributed by atoms with van der Waals surface area (Å²) >= 11 is 1.77. The summed E-state index contributed by atoms with van der Waals surface area (Å²) < 4.78 is 22.8. The highest BCUT2D eigenvalue weighted by Gasteiger charge is 2.27. The number of thioether (sulfide) groups is 1. The zero-order valence-corrected chi connectivity index (χ0v) is 12.7. The maximum Gasteiger partial charge on any atom is 0.156 e. The standard InChI is InChI=1S/C11H25NO3S2/c1-11(2,3)17(14,15)10-6-12-5-9-16-8-4-7-13/h12-13H,4-10H2,1-3H3. The van der Waals surface area contributed by atoms with Crippen molar-refractivity contribution in [2.75, 3.05) is 37.0 Å². The molecule has 0 saturated heterocycles. The van der Waals surface area contributed by atoms with Gasteiger partial charge in [-0.3, -0.25) is 0 Å². The summed E-state index contributed by atoms with van der Waals surface area (Å²) in [6.07, 6.45) is 0.822. The van der Waals surface area contributed by atoms with Gasteiger partial charge in [0.1, 0.15) is 0 Å². The lowest BCUT2D eigenvalue weighted by Crippen LogP contribution is -2.35. The smallest absolute Gasteiger partial charge is 0.156 e. The molecule has 2 N–H and O–H groups in total. The lowest BCUT2D eigenvalue weighted by Gasteiger charge is -2.19. The highest BCUT2D eigenvalue weighted by atomic mass is 32.2. The molecule has 4 nitrogen and oxygen atoms in total. The number of hydrogen-bond donors (Lipinski definition) is 2. The molecule has 0 unspecified atom stereocenters. The van der Waals surface area contributed by atoms with E-state index >= 15 is 0 Å². The van der Waals surface area contributed by atoms with Crippen LogP contribution in [0.15, 0.2) is 0 Å². The van der Waals surface area contributed by atoms with Crippen molar-refractivity contribution in [1.29, 1.82) is 0 Å². The van der Waals surface area contributed by atoms with E-state index < -0.39 is 14.6 Å². The Kier molecular flexibility index (Phi) is 8.45. The number of rotatable bonds is 9. The Balaban J connectivity index is 3.53.